The molecule has 2 heterocycles. The SMILES string of the molecule is O=C(O)c1cn([C@H]2CC[C@H](N3CCOC3=O)CC2)c(=O)n(Cc2cccc3c2CCC3(F)F)c1=O. The van der Waals surface area contributed by atoms with Crippen LogP contribution in [0.25, 0.3) is 0 Å². The third kappa shape index (κ3) is 4.02. The molecule has 1 aromatic carbocycles. The van der Waals surface area contributed by atoms with E-state index in [1.807, 2.05) is 0 Å². The number of carbonyl (C=O) groups excluding carboxylic acids is 1. The molecule has 9 nitrogen and oxygen atoms in total. The number of carboxylic acid groups (broad SMARTS) is 1. The molecule has 0 radical (unpaired) electrons. The maximum absolute atomic E-state index is 14.2. The quantitative estimate of drug-likeness (QED) is 0.692. The first-order chi connectivity index (χ1) is 16.7. The Bertz CT molecular complexity index is 1310. The van der Waals surface area contributed by atoms with Gasteiger partial charge < -0.3 is 14.7 Å². The summed E-state index contributed by atoms with van der Waals surface area (Å²) in [5.74, 6) is -4.43. The highest BCUT2D eigenvalue weighted by Gasteiger charge is 2.40. The number of fused-ring (bicyclic) bond motifs is 1. The van der Waals surface area contributed by atoms with E-state index in [-0.39, 0.29) is 43.1 Å². The van der Waals surface area contributed by atoms with Crippen LogP contribution in [0.4, 0.5) is 13.6 Å². The molecule has 5 rings (SSSR count). The largest absolute Gasteiger partial charge is 0.477 e. The summed E-state index contributed by atoms with van der Waals surface area (Å²) in [6, 6.07) is 4.02. The molecule has 1 saturated heterocycles. The van der Waals surface area contributed by atoms with Gasteiger partial charge in [0.15, 0.2) is 0 Å². The molecule has 1 amide bonds. The van der Waals surface area contributed by atoms with E-state index in [4.69, 9.17) is 4.74 Å². The molecule has 2 aromatic rings. The molecule has 0 spiro atoms. The molecule has 1 saturated carbocycles. The van der Waals surface area contributed by atoms with Gasteiger partial charge in [0, 0.05) is 30.3 Å². The van der Waals surface area contributed by atoms with Crippen LogP contribution in [-0.2, 0) is 23.6 Å². The van der Waals surface area contributed by atoms with Crippen molar-refractivity contribution >= 4 is 12.1 Å². The van der Waals surface area contributed by atoms with Crippen LogP contribution >= 0.6 is 0 Å². The number of aromatic nitrogens is 2. The second-order valence-corrected chi connectivity index (χ2v) is 9.35. The van der Waals surface area contributed by atoms with E-state index in [9.17, 15) is 33.1 Å². The summed E-state index contributed by atoms with van der Waals surface area (Å²) in [4.78, 5) is 51.7. The Hall–Kier alpha value is -3.50. The Balaban J connectivity index is 1.48. The van der Waals surface area contributed by atoms with Gasteiger partial charge in [0.2, 0.25) is 0 Å². The number of alkyl halides is 2. The third-order valence-electron chi connectivity index (χ3n) is 7.40. The van der Waals surface area contributed by atoms with Crippen LogP contribution < -0.4 is 11.2 Å². The van der Waals surface area contributed by atoms with Crippen LogP contribution in [0.15, 0.2) is 34.0 Å². The number of amides is 1. The summed E-state index contributed by atoms with van der Waals surface area (Å²) in [5.41, 5.74) is -1.50. The number of rotatable bonds is 5. The molecule has 0 atom stereocenters. The van der Waals surface area contributed by atoms with E-state index in [1.165, 1.54) is 16.7 Å². The van der Waals surface area contributed by atoms with E-state index in [0.29, 0.717) is 50.0 Å². The van der Waals surface area contributed by atoms with E-state index in [2.05, 4.69) is 0 Å². The number of nitrogens with zero attached hydrogens (tertiary/aromatic N) is 3. The van der Waals surface area contributed by atoms with E-state index >= 15 is 0 Å². The lowest BCUT2D eigenvalue weighted by atomic mass is 9.90. The minimum absolute atomic E-state index is 0.0182. The second-order valence-electron chi connectivity index (χ2n) is 9.35. The highest BCUT2D eigenvalue weighted by molar-refractivity contribution is 5.86. The molecule has 1 aliphatic heterocycles. The van der Waals surface area contributed by atoms with Gasteiger partial charge in [-0.25, -0.2) is 23.2 Å². The first-order valence-electron chi connectivity index (χ1n) is 11.7. The number of hydrogen-bond acceptors (Lipinski definition) is 5. The molecule has 186 valence electrons. The number of carboxylic acids is 1. The molecule has 2 aliphatic carbocycles. The van der Waals surface area contributed by atoms with Crippen LogP contribution in [0.3, 0.4) is 0 Å². The standard InChI is InChI=1S/C24H25F2N3O6/c25-24(26)9-8-17-14(2-1-3-19(17)24)12-29-20(30)18(21(31)32)13-28(22(29)33)16-6-4-15(5-7-16)27-10-11-35-23(27)34/h1-3,13,15-16H,4-12H2,(H,31,32)/t15-,16-. The van der Waals surface area contributed by atoms with Crippen molar-refractivity contribution < 1.29 is 28.2 Å². The molecule has 11 heteroatoms. The Morgan fingerprint density at radius 1 is 1.11 bits per heavy atom. The average molecular weight is 489 g/mol. The summed E-state index contributed by atoms with van der Waals surface area (Å²) in [7, 11) is 0. The monoisotopic (exact) mass is 489 g/mol. The van der Waals surface area contributed by atoms with Gasteiger partial charge in [0.05, 0.1) is 13.1 Å². The molecule has 3 aliphatic rings. The van der Waals surface area contributed by atoms with Crippen molar-refractivity contribution in [3.05, 3.63) is 67.5 Å². The number of hydrogen-bond donors (Lipinski definition) is 1. The number of carbonyl (C=O) groups is 2. The lowest BCUT2D eigenvalue weighted by Crippen LogP contribution is -2.45. The number of cyclic esters (lactones) is 1. The molecule has 0 bridgehead atoms. The van der Waals surface area contributed by atoms with Gasteiger partial charge in [-0.2, -0.15) is 0 Å². The van der Waals surface area contributed by atoms with Crippen LogP contribution in [0.5, 0.6) is 0 Å². The van der Waals surface area contributed by atoms with Crippen molar-refractivity contribution in [2.45, 2.75) is 63.1 Å². The molecule has 2 fully saturated rings. The van der Waals surface area contributed by atoms with E-state index in [0.717, 1.165) is 10.8 Å². The van der Waals surface area contributed by atoms with Crippen molar-refractivity contribution in [2.75, 3.05) is 13.2 Å². The fourth-order valence-electron chi connectivity index (χ4n) is 5.56. The van der Waals surface area contributed by atoms with Gasteiger partial charge in [0.1, 0.15) is 12.2 Å². The number of benzene rings is 1. The van der Waals surface area contributed by atoms with Gasteiger partial charge in [-0.05, 0) is 43.2 Å². The predicted molar refractivity (Wildman–Crippen MR) is 119 cm³/mol. The number of halogens is 2. The normalized spacial score (nSPS) is 23.3. The Morgan fingerprint density at radius 2 is 1.83 bits per heavy atom. The maximum atomic E-state index is 14.2. The lowest BCUT2D eigenvalue weighted by molar-refractivity contribution is -0.00186. The molecule has 1 aromatic heterocycles. The van der Waals surface area contributed by atoms with Crippen molar-refractivity contribution in [3.8, 4) is 0 Å². The second kappa shape index (κ2) is 8.62. The van der Waals surface area contributed by atoms with E-state index in [1.54, 1.807) is 11.0 Å². The van der Waals surface area contributed by atoms with Crippen LogP contribution in [0.1, 0.15) is 65.2 Å². The third-order valence-corrected chi connectivity index (χ3v) is 7.40. The summed E-state index contributed by atoms with van der Waals surface area (Å²) in [5, 5.41) is 9.62. The first-order valence-corrected chi connectivity index (χ1v) is 11.7. The molecule has 0 unspecified atom stereocenters. The Kier molecular flexibility index (Phi) is 5.72. The minimum Gasteiger partial charge on any atom is -0.477 e. The maximum Gasteiger partial charge on any atom is 0.410 e. The van der Waals surface area contributed by atoms with Gasteiger partial charge >= 0.3 is 17.8 Å². The molecular formula is C24H25F2N3O6. The molecule has 35 heavy (non-hydrogen) atoms. The van der Waals surface area contributed by atoms with Gasteiger partial charge in [0.25, 0.3) is 11.5 Å². The highest BCUT2D eigenvalue weighted by Crippen LogP contribution is 2.42. The summed E-state index contributed by atoms with van der Waals surface area (Å²) in [6.45, 7) is 0.579. The molecule has 1 N–H and O–H groups in total. The summed E-state index contributed by atoms with van der Waals surface area (Å²) in [6.07, 6.45) is 2.74. The van der Waals surface area contributed by atoms with Crippen molar-refractivity contribution in [2.24, 2.45) is 0 Å². The average Bonchev–Trinajstić information content (AvgIpc) is 3.39. The fraction of sp³-hybridized carbons (Fsp3) is 0.500. The van der Waals surface area contributed by atoms with Gasteiger partial charge in [-0.1, -0.05) is 18.2 Å². The van der Waals surface area contributed by atoms with Crippen LogP contribution in [0.2, 0.25) is 0 Å². The summed E-state index contributed by atoms with van der Waals surface area (Å²) < 4.78 is 35.5. The lowest BCUT2D eigenvalue weighted by Gasteiger charge is -2.34. The van der Waals surface area contributed by atoms with Gasteiger partial charge in [-0.3, -0.25) is 13.9 Å². The summed E-state index contributed by atoms with van der Waals surface area (Å²) >= 11 is 0. The Labute approximate surface area is 198 Å². The predicted octanol–water partition coefficient (Wildman–Crippen LogP) is 2.73. The van der Waals surface area contributed by atoms with Crippen LogP contribution in [-0.4, -0.2) is 50.4 Å². The van der Waals surface area contributed by atoms with Gasteiger partial charge in [-0.15, -0.1) is 0 Å². The van der Waals surface area contributed by atoms with Crippen LogP contribution in [0, 0.1) is 0 Å². The number of aromatic carboxylic acids is 1. The fourth-order valence-corrected chi connectivity index (χ4v) is 5.56. The van der Waals surface area contributed by atoms with Crippen molar-refractivity contribution in [3.63, 3.8) is 0 Å². The first kappa shape index (κ1) is 23.3. The number of ether oxygens (including phenoxy) is 1. The zero-order valence-electron chi connectivity index (χ0n) is 18.9. The molecular weight excluding hydrogens is 464 g/mol. The zero-order valence-corrected chi connectivity index (χ0v) is 18.9. The highest BCUT2D eigenvalue weighted by atomic mass is 19.3. The van der Waals surface area contributed by atoms with E-state index < -0.39 is 28.7 Å². The zero-order chi connectivity index (χ0) is 24.9. The topological polar surface area (TPSA) is 111 Å². The van der Waals surface area contributed by atoms with Crippen molar-refractivity contribution in [1.82, 2.24) is 14.0 Å². The minimum atomic E-state index is -2.97. The van der Waals surface area contributed by atoms with Crippen molar-refractivity contribution in [1.29, 1.82) is 0 Å². The smallest absolute Gasteiger partial charge is 0.410 e. The Morgan fingerprint density at radius 3 is 2.49 bits per heavy atom.